The minimum absolute atomic E-state index is 0.0229. The van der Waals surface area contributed by atoms with E-state index in [9.17, 15) is 4.79 Å². The van der Waals surface area contributed by atoms with Crippen molar-refractivity contribution in [3.8, 4) is 22.5 Å². The van der Waals surface area contributed by atoms with Gasteiger partial charge in [-0.25, -0.2) is 4.98 Å². The van der Waals surface area contributed by atoms with Crippen molar-refractivity contribution < 1.29 is 4.79 Å². The van der Waals surface area contributed by atoms with Crippen LogP contribution >= 0.6 is 0 Å². The topological polar surface area (TPSA) is 67.8 Å². The van der Waals surface area contributed by atoms with Crippen molar-refractivity contribution in [2.45, 2.75) is 19.8 Å². The maximum absolute atomic E-state index is 12.0. The predicted molar refractivity (Wildman–Crippen MR) is 96.8 cm³/mol. The third kappa shape index (κ3) is 3.40. The number of hydrogen-bond donors (Lipinski definition) is 1. The van der Waals surface area contributed by atoms with Gasteiger partial charge in [-0.1, -0.05) is 23.8 Å². The molecule has 0 saturated heterocycles. The first kappa shape index (κ1) is 15.4. The zero-order valence-electron chi connectivity index (χ0n) is 13.9. The van der Waals surface area contributed by atoms with Crippen molar-refractivity contribution in [2.24, 2.45) is 5.92 Å². The van der Waals surface area contributed by atoms with E-state index in [1.807, 2.05) is 37.3 Å². The second kappa shape index (κ2) is 6.43. The summed E-state index contributed by atoms with van der Waals surface area (Å²) in [5.41, 5.74) is 4.51. The van der Waals surface area contributed by atoms with Crippen LogP contribution in [0, 0.1) is 12.8 Å². The third-order valence-electron chi connectivity index (χ3n) is 4.20. The molecule has 3 aromatic rings. The molecule has 5 heteroatoms. The zero-order chi connectivity index (χ0) is 17.2. The van der Waals surface area contributed by atoms with E-state index in [0.717, 1.165) is 35.2 Å². The Morgan fingerprint density at radius 3 is 2.64 bits per heavy atom. The van der Waals surface area contributed by atoms with Gasteiger partial charge in [-0.15, -0.1) is 0 Å². The Kier molecular flexibility index (Phi) is 3.98. The monoisotopic (exact) mass is 330 g/mol. The highest BCUT2D eigenvalue weighted by Crippen LogP contribution is 2.32. The molecule has 0 aliphatic heterocycles. The van der Waals surface area contributed by atoms with Crippen molar-refractivity contribution in [2.75, 3.05) is 5.32 Å². The van der Waals surface area contributed by atoms with Crippen LogP contribution in [0.15, 0.2) is 55.0 Å². The maximum atomic E-state index is 12.0. The Balaban J connectivity index is 1.78. The highest BCUT2D eigenvalue weighted by atomic mass is 16.2. The summed E-state index contributed by atoms with van der Waals surface area (Å²) in [6, 6.07) is 12.0. The molecule has 1 saturated carbocycles. The van der Waals surface area contributed by atoms with E-state index in [-0.39, 0.29) is 11.8 Å². The summed E-state index contributed by atoms with van der Waals surface area (Å²) in [5.74, 6) is 0.627. The van der Waals surface area contributed by atoms with E-state index >= 15 is 0 Å². The van der Waals surface area contributed by atoms with Gasteiger partial charge in [-0.3, -0.25) is 14.8 Å². The van der Waals surface area contributed by atoms with E-state index in [2.05, 4.69) is 26.3 Å². The fourth-order valence-corrected chi connectivity index (χ4v) is 2.73. The summed E-state index contributed by atoms with van der Waals surface area (Å²) in [6.45, 7) is 2.05. The lowest BCUT2D eigenvalue weighted by Crippen LogP contribution is -2.15. The van der Waals surface area contributed by atoms with Crippen LogP contribution in [0.3, 0.4) is 0 Å². The van der Waals surface area contributed by atoms with E-state index < -0.39 is 0 Å². The summed E-state index contributed by atoms with van der Waals surface area (Å²) in [4.78, 5) is 25.5. The molecule has 1 aromatic carbocycles. The molecule has 1 amide bonds. The SMILES string of the molecule is Cc1cccc(-c2ncc(NC(=O)C3CC3)nc2-c2cccnc2)c1. The predicted octanol–water partition coefficient (Wildman–Crippen LogP) is 3.86. The summed E-state index contributed by atoms with van der Waals surface area (Å²) in [5, 5.41) is 2.87. The van der Waals surface area contributed by atoms with Gasteiger partial charge in [0.1, 0.15) is 5.69 Å². The Hall–Kier alpha value is -3.08. The number of carbonyl (C=O) groups excluding carboxylic acids is 1. The van der Waals surface area contributed by atoms with Crippen LogP contribution < -0.4 is 5.32 Å². The molecule has 1 fully saturated rings. The van der Waals surface area contributed by atoms with Gasteiger partial charge in [0.15, 0.2) is 5.82 Å². The number of aryl methyl sites for hydroxylation is 1. The Morgan fingerprint density at radius 1 is 1.08 bits per heavy atom. The molecule has 2 aromatic heterocycles. The number of hydrogen-bond acceptors (Lipinski definition) is 4. The Labute approximate surface area is 146 Å². The number of nitrogens with one attached hydrogen (secondary N) is 1. The second-order valence-electron chi connectivity index (χ2n) is 6.33. The Bertz CT molecular complexity index is 920. The molecule has 0 unspecified atom stereocenters. The molecule has 124 valence electrons. The van der Waals surface area contributed by atoms with E-state index in [1.54, 1.807) is 18.6 Å². The Morgan fingerprint density at radius 2 is 1.92 bits per heavy atom. The highest BCUT2D eigenvalue weighted by Gasteiger charge is 2.30. The number of rotatable bonds is 4. The summed E-state index contributed by atoms with van der Waals surface area (Å²) in [6.07, 6.45) is 7.02. The second-order valence-corrected chi connectivity index (χ2v) is 6.33. The van der Waals surface area contributed by atoms with Gasteiger partial charge in [0.25, 0.3) is 0 Å². The molecule has 2 heterocycles. The molecule has 4 rings (SSSR count). The molecule has 1 aliphatic carbocycles. The lowest BCUT2D eigenvalue weighted by Gasteiger charge is -2.11. The summed E-state index contributed by atoms with van der Waals surface area (Å²) >= 11 is 0. The first-order chi connectivity index (χ1) is 12.2. The van der Waals surface area contributed by atoms with Crippen LogP contribution in [0.4, 0.5) is 5.82 Å². The van der Waals surface area contributed by atoms with Crippen molar-refractivity contribution in [1.29, 1.82) is 0 Å². The highest BCUT2D eigenvalue weighted by molar-refractivity contribution is 5.93. The van der Waals surface area contributed by atoms with Crippen molar-refractivity contribution in [3.63, 3.8) is 0 Å². The van der Waals surface area contributed by atoms with Gasteiger partial charge in [0, 0.05) is 29.4 Å². The summed E-state index contributed by atoms with van der Waals surface area (Å²) < 4.78 is 0. The van der Waals surface area contributed by atoms with Gasteiger partial charge >= 0.3 is 0 Å². The lowest BCUT2D eigenvalue weighted by molar-refractivity contribution is -0.117. The van der Waals surface area contributed by atoms with Gasteiger partial charge in [0.05, 0.1) is 11.9 Å². The fraction of sp³-hybridized carbons (Fsp3) is 0.200. The number of amides is 1. The molecule has 1 N–H and O–H groups in total. The van der Waals surface area contributed by atoms with Crippen molar-refractivity contribution >= 4 is 11.7 Å². The minimum Gasteiger partial charge on any atom is -0.309 e. The zero-order valence-corrected chi connectivity index (χ0v) is 13.9. The quantitative estimate of drug-likeness (QED) is 0.788. The molecule has 5 nitrogen and oxygen atoms in total. The number of benzene rings is 1. The van der Waals surface area contributed by atoms with Crippen LogP contribution in [-0.2, 0) is 4.79 Å². The van der Waals surface area contributed by atoms with Gasteiger partial charge in [0.2, 0.25) is 5.91 Å². The van der Waals surface area contributed by atoms with Gasteiger partial charge in [-0.05, 0) is 38.0 Å². The average molecular weight is 330 g/mol. The van der Waals surface area contributed by atoms with E-state index in [1.165, 1.54) is 0 Å². The van der Waals surface area contributed by atoms with Crippen LogP contribution in [0.25, 0.3) is 22.5 Å². The summed E-state index contributed by atoms with van der Waals surface area (Å²) in [7, 11) is 0. The first-order valence-electron chi connectivity index (χ1n) is 8.36. The number of carbonyl (C=O) groups is 1. The van der Waals surface area contributed by atoms with Crippen molar-refractivity contribution in [1.82, 2.24) is 15.0 Å². The molecule has 0 atom stereocenters. The van der Waals surface area contributed by atoms with Gasteiger partial charge in [-0.2, -0.15) is 0 Å². The molecule has 0 spiro atoms. The molecular formula is C20H18N4O. The van der Waals surface area contributed by atoms with Crippen LogP contribution in [0.5, 0.6) is 0 Å². The van der Waals surface area contributed by atoms with Crippen molar-refractivity contribution in [3.05, 3.63) is 60.6 Å². The maximum Gasteiger partial charge on any atom is 0.228 e. The number of anilines is 1. The third-order valence-corrected chi connectivity index (χ3v) is 4.20. The molecule has 25 heavy (non-hydrogen) atoms. The number of pyridine rings is 1. The molecular weight excluding hydrogens is 312 g/mol. The van der Waals surface area contributed by atoms with Crippen LogP contribution in [0.2, 0.25) is 0 Å². The smallest absolute Gasteiger partial charge is 0.228 e. The number of nitrogens with zero attached hydrogens (tertiary/aromatic N) is 3. The van der Waals surface area contributed by atoms with Gasteiger partial charge < -0.3 is 5.32 Å². The van der Waals surface area contributed by atoms with E-state index in [0.29, 0.717) is 11.5 Å². The molecule has 0 radical (unpaired) electrons. The molecule has 1 aliphatic rings. The largest absolute Gasteiger partial charge is 0.309 e. The number of aromatic nitrogens is 3. The van der Waals surface area contributed by atoms with E-state index in [4.69, 9.17) is 0 Å². The standard InChI is InChI=1S/C20H18N4O/c1-13-4-2-5-15(10-13)18-19(16-6-3-9-21-11-16)23-17(12-22-18)24-20(25)14-7-8-14/h2-6,9-12,14H,7-8H2,1H3,(H,23,24,25). The minimum atomic E-state index is 0.0229. The molecule has 0 bridgehead atoms. The fourth-order valence-electron chi connectivity index (χ4n) is 2.73. The van der Waals surface area contributed by atoms with Crippen LogP contribution in [0.1, 0.15) is 18.4 Å². The lowest BCUT2D eigenvalue weighted by atomic mass is 10.0. The normalized spacial score (nSPS) is 13.5. The first-order valence-corrected chi connectivity index (χ1v) is 8.36. The average Bonchev–Trinajstić information content (AvgIpc) is 3.48. The van der Waals surface area contributed by atoms with Crippen LogP contribution in [-0.4, -0.2) is 20.9 Å².